The highest BCUT2D eigenvalue weighted by molar-refractivity contribution is 7.99. The van der Waals surface area contributed by atoms with Crippen LogP contribution in [0.25, 0.3) is 5.69 Å². The maximum absolute atomic E-state index is 13.8. The summed E-state index contributed by atoms with van der Waals surface area (Å²) in [5.74, 6) is -0.0748. The van der Waals surface area contributed by atoms with Crippen LogP contribution >= 0.6 is 11.8 Å². The topological polar surface area (TPSA) is 79.1 Å². The summed E-state index contributed by atoms with van der Waals surface area (Å²) in [4.78, 5) is 12.3. The quantitative estimate of drug-likeness (QED) is 0.465. The summed E-state index contributed by atoms with van der Waals surface area (Å²) in [6.07, 6.45) is 0. The number of carbonyl (C=O) groups excluding carboxylic acids is 1. The fourth-order valence-electron chi connectivity index (χ4n) is 2.28. The maximum Gasteiger partial charge on any atom is 0.214 e. The number of methoxy groups -OCH3 is 2. The van der Waals surface area contributed by atoms with Gasteiger partial charge in [-0.15, -0.1) is 5.10 Å². The first-order chi connectivity index (χ1) is 12.6. The van der Waals surface area contributed by atoms with Gasteiger partial charge in [-0.05, 0) is 40.8 Å². The molecule has 0 fully saturated rings. The van der Waals surface area contributed by atoms with Gasteiger partial charge in [0.2, 0.25) is 5.16 Å². The Morgan fingerprint density at radius 2 is 1.92 bits per heavy atom. The highest BCUT2D eigenvalue weighted by Gasteiger charge is 2.16. The average molecular weight is 374 g/mol. The van der Waals surface area contributed by atoms with Crippen LogP contribution in [0, 0.1) is 5.82 Å². The highest BCUT2D eigenvalue weighted by atomic mass is 32.2. The summed E-state index contributed by atoms with van der Waals surface area (Å²) in [7, 11) is 2.92. The van der Waals surface area contributed by atoms with Crippen molar-refractivity contribution in [1.82, 2.24) is 20.2 Å². The minimum Gasteiger partial charge on any atom is -0.494 e. The Kier molecular flexibility index (Phi) is 5.47. The van der Waals surface area contributed by atoms with Crippen LogP contribution in [-0.4, -0.2) is 46.0 Å². The predicted molar refractivity (Wildman–Crippen MR) is 93.7 cm³/mol. The number of halogens is 1. The lowest BCUT2D eigenvalue weighted by Gasteiger charge is -2.09. The number of para-hydroxylation sites is 2. The van der Waals surface area contributed by atoms with E-state index in [1.807, 2.05) is 12.1 Å². The van der Waals surface area contributed by atoms with E-state index in [0.717, 1.165) is 17.8 Å². The molecule has 0 atom stereocenters. The van der Waals surface area contributed by atoms with Crippen LogP contribution in [0.3, 0.4) is 0 Å². The van der Waals surface area contributed by atoms with Crippen molar-refractivity contribution in [3.8, 4) is 17.2 Å². The van der Waals surface area contributed by atoms with Gasteiger partial charge < -0.3 is 9.47 Å². The summed E-state index contributed by atoms with van der Waals surface area (Å²) in [6, 6.07) is 11.4. The summed E-state index contributed by atoms with van der Waals surface area (Å²) >= 11 is 1.15. The Hall–Kier alpha value is -2.94. The molecule has 0 N–H and O–H groups in total. The number of tetrazole rings is 1. The summed E-state index contributed by atoms with van der Waals surface area (Å²) in [5, 5.41) is 12.0. The lowest BCUT2D eigenvalue weighted by atomic mass is 10.1. The Labute approximate surface area is 153 Å². The first kappa shape index (κ1) is 17.9. The molecule has 1 aromatic heterocycles. The summed E-state index contributed by atoms with van der Waals surface area (Å²) < 4.78 is 25.4. The molecule has 0 bridgehead atoms. The third-order valence-corrected chi connectivity index (χ3v) is 4.48. The van der Waals surface area contributed by atoms with Crippen molar-refractivity contribution in [2.75, 3.05) is 20.0 Å². The van der Waals surface area contributed by atoms with Crippen LogP contribution in [0.2, 0.25) is 0 Å². The molecule has 0 saturated carbocycles. The molecule has 0 radical (unpaired) electrons. The summed E-state index contributed by atoms with van der Waals surface area (Å²) in [5.41, 5.74) is 0.914. The molecule has 0 spiro atoms. The fourth-order valence-corrected chi connectivity index (χ4v) is 3.06. The SMILES string of the molecule is COc1ccc(C(=O)CSc2nnnn2-c2ccccc2OC)cc1F. The van der Waals surface area contributed by atoms with Crippen LogP contribution < -0.4 is 9.47 Å². The molecule has 2 aromatic carbocycles. The van der Waals surface area contributed by atoms with Gasteiger partial charge in [-0.3, -0.25) is 4.79 Å². The smallest absolute Gasteiger partial charge is 0.214 e. The van der Waals surface area contributed by atoms with Crippen LogP contribution in [0.15, 0.2) is 47.6 Å². The number of aromatic nitrogens is 4. The number of ketones is 1. The minimum absolute atomic E-state index is 0.0568. The normalized spacial score (nSPS) is 10.6. The molecular formula is C17H15FN4O3S. The van der Waals surface area contributed by atoms with E-state index in [9.17, 15) is 9.18 Å². The Morgan fingerprint density at radius 3 is 2.65 bits per heavy atom. The number of nitrogens with zero attached hydrogens (tertiary/aromatic N) is 4. The van der Waals surface area contributed by atoms with E-state index >= 15 is 0 Å². The second kappa shape index (κ2) is 7.96. The van der Waals surface area contributed by atoms with E-state index in [2.05, 4.69) is 15.5 Å². The van der Waals surface area contributed by atoms with Crippen LogP contribution in [0.4, 0.5) is 4.39 Å². The van der Waals surface area contributed by atoms with Crippen molar-refractivity contribution < 1.29 is 18.7 Å². The largest absolute Gasteiger partial charge is 0.494 e. The molecule has 3 aromatic rings. The third-order valence-electron chi connectivity index (χ3n) is 3.56. The van der Waals surface area contributed by atoms with Crippen molar-refractivity contribution in [2.24, 2.45) is 0 Å². The lowest BCUT2D eigenvalue weighted by molar-refractivity contribution is 0.102. The number of benzene rings is 2. The van der Waals surface area contributed by atoms with Gasteiger partial charge in [0.05, 0.1) is 20.0 Å². The van der Waals surface area contributed by atoms with Crippen LogP contribution in [0.5, 0.6) is 11.5 Å². The molecule has 9 heteroatoms. The maximum atomic E-state index is 13.8. The predicted octanol–water partition coefficient (Wildman–Crippen LogP) is 2.79. The standard InChI is InChI=1S/C17H15FN4O3S/c1-24-15-8-7-11(9-12(15)18)14(23)10-26-17-19-20-21-22(17)13-5-3-4-6-16(13)25-2/h3-9H,10H2,1-2H3. The van der Waals surface area contributed by atoms with E-state index in [1.54, 1.807) is 19.2 Å². The van der Waals surface area contributed by atoms with Crippen molar-refractivity contribution in [3.63, 3.8) is 0 Å². The first-order valence-corrected chi connectivity index (χ1v) is 8.54. The molecular weight excluding hydrogens is 359 g/mol. The van der Waals surface area contributed by atoms with Crippen molar-refractivity contribution in [1.29, 1.82) is 0 Å². The van der Waals surface area contributed by atoms with Crippen LogP contribution in [-0.2, 0) is 0 Å². The molecule has 0 saturated heterocycles. The Bertz CT molecular complexity index is 932. The molecule has 0 aliphatic carbocycles. The number of carbonyl (C=O) groups is 1. The van der Waals surface area contributed by atoms with Gasteiger partial charge in [0, 0.05) is 5.56 Å². The van der Waals surface area contributed by atoms with E-state index in [-0.39, 0.29) is 22.8 Å². The molecule has 0 amide bonds. The molecule has 7 nitrogen and oxygen atoms in total. The Morgan fingerprint density at radius 1 is 1.15 bits per heavy atom. The third kappa shape index (κ3) is 3.67. The number of Topliss-reactive ketones (excluding diaryl/α,β-unsaturated/α-hetero) is 1. The molecule has 26 heavy (non-hydrogen) atoms. The zero-order valence-corrected chi connectivity index (χ0v) is 14.9. The molecule has 1 heterocycles. The van der Waals surface area contributed by atoms with Crippen LogP contribution in [0.1, 0.15) is 10.4 Å². The first-order valence-electron chi connectivity index (χ1n) is 7.55. The summed E-state index contributed by atoms with van der Waals surface area (Å²) in [6.45, 7) is 0. The number of ether oxygens (including phenoxy) is 2. The van der Waals surface area contributed by atoms with Gasteiger partial charge in [-0.1, -0.05) is 23.9 Å². The van der Waals surface area contributed by atoms with Gasteiger partial charge in [0.25, 0.3) is 0 Å². The second-order valence-corrected chi connectivity index (χ2v) is 6.05. The molecule has 134 valence electrons. The zero-order valence-electron chi connectivity index (χ0n) is 14.0. The number of rotatable bonds is 7. The van der Waals surface area contributed by atoms with Gasteiger partial charge in [0.15, 0.2) is 17.3 Å². The van der Waals surface area contributed by atoms with Gasteiger partial charge in [-0.2, -0.15) is 4.68 Å². The highest BCUT2D eigenvalue weighted by Crippen LogP contribution is 2.26. The Balaban J connectivity index is 1.76. The second-order valence-electron chi connectivity index (χ2n) is 5.11. The average Bonchev–Trinajstić information content (AvgIpc) is 3.14. The lowest BCUT2D eigenvalue weighted by Crippen LogP contribution is -2.06. The van der Waals surface area contributed by atoms with Crippen molar-refractivity contribution in [2.45, 2.75) is 5.16 Å². The molecule has 0 unspecified atom stereocenters. The molecule has 0 aliphatic heterocycles. The minimum atomic E-state index is -0.581. The van der Waals surface area contributed by atoms with E-state index in [4.69, 9.17) is 9.47 Å². The van der Waals surface area contributed by atoms with Crippen molar-refractivity contribution >= 4 is 17.5 Å². The number of hydrogen-bond donors (Lipinski definition) is 0. The van der Waals surface area contributed by atoms with E-state index in [1.165, 1.54) is 23.9 Å². The molecule has 3 rings (SSSR count). The van der Waals surface area contributed by atoms with Gasteiger partial charge in [0.1, 0.15) is 11.4 Å². The number of hydrogen-bond acceptors (Lipinski definition) is 7. The molecule has 0 aliphatic rings. The van der Waals surface area contributed by atoms with Gasteiger partial charge in [-0.25, -0.2) is 4.39 Å². The number of thioether (sulfide) groups is 1. The van der Waals surface area contributed by atoms with Gasteiger partial charge >= 0.3 is 0 Å². The zero-order chi connectivity index (χ0) is 18.5. The van der Waals surface area contributed by atoms with E-state index in [0.29, 0.717) is 16.6 Å². The van der Waals surface area contributed by atoms with Crippen molar-refractivity contribution in [3.05, 3.63) is 53.8 Å². The fraction of sp³-hybridized carbons (Fsp3) is 0.176. The van der Waals surface area contributed by atoms with E-state index < -0.39 is 5.82 Å². The monoisotopic (exact) mass is 374 g/mol.